The average molecular weight is 384 g/mol. The maximum atomic E-state index is 5.84. The second-order valence-electron chi connectivity index (χ2n) is 4.34. The number of hydrogen-bond acceptors (Lipinski definition) is 4. The molecule has 0 aliphatic carbocycles. The Morgan fingerprint density at radius 1 is 1.27 bits per heavy atom. The average Bonchev–Trinajstić information content (AvgIpc) is 2.49. The SMILES string of the molecule is CCOc1cc(C=NNc2ccc(Cl)cc2)cc(Br)c1OC. The van der Waals surface area contributed by atoms with Gasteiger partial charge in [-0.25, -0.2) is 0 Å². The monoisotopic (exact) mass is 382 g/mol. The van der Waals surface area contributed by atoms with Crippen molar-refractivity contribution in [1.29, 1.82) is 0 Å². The summed E-state index contributed by atoms with van der Waals surface area (Å²) in [5.74, 6) is 1.34. The van der Waals surface area contributed by atoms with Crippen LogP contribution in [0.25, 0.3) is 0 Å². The number of rotatable bonds is 6. The second kappa shape index (κ2) is 8.06. The third-order valence-corrected chi connectivity index (χ3v) is 3.63. The van der Waals surface area contributed by atoms with Crippen LogP contribution in [0.15, 0.2) is 46.0 Å². The van der Waals surface area contributed by atoms with Crippen LogP contribution >= 0.6 is 27.5 Å². The Kier molecular flexibility index (Phi) is 6.10. The molecule has 0 radical (unpaired) electrons. The predicted molar refractivity (Wildman–Crippen MR) is 94.5 cm³/mol. The molecule has 0 saturated heterocycles. The Hall–Kier alpha value is -1.72. The highest BCUT2D eigenvalue weighted by Gasteiger charge is 2.10. The number of anilines is 1. The standard InChI is InChI=1S/C16H16BrClN2O2/c1-3-22-15-9-11(8-14(17)16(15)21-2)10-19-20-13-6-4-12(18)5-7-13/h4-10,20H,3H2,1-2H3. The van der Waals surface area contributed by atoms with Gasteiger partial charge in [0.1, 0.15) is 0 Å². The van der Waals surface area contributed by atoms with Gasteiger partial charge in [-0.1, -0.05) is 11.6 Å². The minimum Gasteiger partial charge on any atom is -0.492 e. The van der Waals surface area contributed by atoms with Gasteiger partial charge in [0.2, 0.25) is 0 Å². The van der Waals surface area contributed by atoms with E-state index in [1.807, 2.05) is 31.2 Å². The molecule has 0 aliphatic heterocycles. The first-order chi connectivity index (χ1) is 10.6. The Morgan fingerprint density at radius 2 is 2.00 bits per heavy atom. The van der Waals surface area contributed by atoms with Crippen LogP contribution in [0.4, 0.5) is 5.69 Å². The van der Waals surface area contributed by atoms with E-state index in [1.165, 1.54) is 0 Å². The lowest BCUT2D eigenvalue weighted by Crippen LogP contribution is -1.98. The lowest BCUT2D eigenvalue weighted by molar-refractivity contribution is 0.310. The highest BCUT2D eigenvalue weighted by atomic mass is 79.9. The summed E-state index contributed by atoms with van der Waals surface area (Å²) in [4.78, 5) is 0. The molecular weight excluding hydrogens is 368 g/mol. The van der Waals surface area contributed by atoms with Crippen LogP contribution in [0.3, 0.4) is 0 Å². The number of methoxy groups -OCH3 is 1. The third kappa shape index (κ3) is 4.39. The lowest BCUT2D eigenvalue weighted by atomic mass is 10.2. The van der Waals surface area contributed by atoms with E-state index in [4.69, 9.17) is 21.1 Å². The summed E-state index contributed by atoms with van der Waals surface area (Å²) < 4.78 is 11.7. The highest BCUT2D eigenvalue weighted by molar-refractivity contribution is 9.10. The molecule has 2 rings (SSSR count). The minimum atomic E-state index is 0.562. The summed E-state index contributed by atoms with van der Waals surface area (Å²) in [6.45, 7) is 2.49. The molecule has 4 nitrogen and oxygen atoms in total. The maximum absolute atomic E-state index is 5.84. The number of ether oxygens (including phenoxy) is 2. The van der Waals surface area contributed by atoms with E-state index in [-0.39, 0.29) is 0 Å². The molecule has 0 atom stereocenters. The first-order valence-corrected chi connectivity index (χ1v) is 7.86. The molecule has 0 heterocycles. The van der Waals surface area contributed by atoms with Gasteiger partial charge >= 0.3 is 0 Å². The summed E-state index contributed by atoms with van der Waals surface area (Å²) in [7, 11) is 1.61. The van der Waals surface area contributed by atoms with Crippen LogP contribution in [0, 0.1) is 0 Å². The highest BCUT2D eigenvalue weighted by Crippen LogP contribution is 2.36. The van der Waals surface area contributed by atoms with E-state index >= 15 is 0 Å². The first-order valence-electron chi connectivity index (χ1n) is 6.69. The molecule has 0 bridgehead atoms. The van der Waals surface area contributed by atoms with E-state index in [1.54, 1.807) is 25.5 Å². The van der Waals surface area contributed by atoms with Crippen molar-refractivity contribution in [2.75, 3.05) is 19.1 Å². The van der Waals surface area contributed by atoms with Crippen molar-refractivity contribution >= 4 is 39.4 Å². The number of nitrogens with one attached hydrogen (secondary N) is 1. The zero-order valence-electron chi connectivity index (χ0n) is 12.3. The van der Waals surface area contributed by atoms with Crippen LogP contribution < -0.4 is 14.9 Å². The summed E-state index contributed by atoms with van der Waals surface area (Å²) in [5.41, 5.74) is 4.69. The molecule has 0 aromatic heterocycles. The minimum absolute atomic E-state index is 0.562. The molecule has 6 heteroatoms. The van der Waals surface area contributed by atoms with Crippen LogP contribution in [-0.4, -0.2) is 19.9 Å². The van der Waals surface area contributed by atoms with Gasteiger partial charge in [-0.05, 0) is 64.8 Å². The first kappa shape index (κ1) is 16.6. The molecule has 22 heavy (non-hydrogen) atoms. The number of halogens is 2. The van der Waals surface area contributed by atoms with E-state index in [0.29, 0.717) is 23.1 Å². The quantitative estimate of drug-likeness (QED) is 0.566. The molecule has 2 aromatic carbocycles. The van der Waals surface area contributed by atoms with Crippen molar-refractivity contribution in [3.63, 3.8) is 0 Å². The van der Waals surface area contributed by atoms with Crippen LogP contribution in [0.2, 0.25) is 5.02 Å². The van der Waals surface area contributed by atoms with Gasteiger partial charge in [0, 0.05) is 5.02 Å². The molecule has 1 N–H and O–H groups in total. The Labute approximate surface area is 143 Å². The summed E-state index contributed by atoms with van der Waals surface area (Å²) in [6.07, 6.45) is 1.71. The summed E-state index contributed by atoms with van der Waals surface area (Å²) in [5, 5.41) is 4.89. The number of hydrogen-bond donors (Lipinski definition) is 1. The van der Waals surface area contributed by atoms with Crippen molar-refractivity contribution in [3.05, 3.63) is 51.5 Å². The van der Waals surface area contributed by atoms with E-state index in [9.17, 15) is 0 Å². The molecule has 0 unspecified atom stereocenters. The summed E-state index contributed by atoms with van der Waals surface area (Å²) in [6, 6.07) is 11.1. The van der Waals surface area contributed by atoms with Crippen molar-refractivity contribution in [3.8, 4) is 11.5 Å². The Bertz CT molecular complexity index is 660. The van der Waals surface area contributed by atoms with Crippen LogP contribution in [0.1, 0.15) is 12.5 Å². The Balaban J connectivity index is 2.14. The number of nitrogens with zero attached hydrogens (tertiary/aromatic N) is 1. The topological polar surface area (TPSA) is 42.8 Å². The maximum Gasteiger partial charge on any atom is 0.174 e. The number of hydrazone groups is 1. The fourth-order valence-corrected chi connectivity index (χ4v) is 2.58. The lowest BCUT2D eigenvalue weighted by Gasteiger charge is -2.11. The van der Waals surface area contributed by atoms with Crippen molar-refractivity contribution < 1.29 is 9.47 Å². The number of benzene rings is 2. The molecule has 0 spiro atoms. The van der Waals surface area contributed by atoms with Gasteiger partial charge in [-0.3, -0.25) is 5.43 Å². The Morgan fingerprint density at radius 3 is 2.64 bits per heavy atom. The fraction of sp³-hybridized carbons (Fsp3) is 0.188. The predicted octanol–water partition coefficient (Wildman–Crippen LogP) is 4.96. The van der Waals surface area contributed by atoms with Crippen molar-refractivity contribution in [1.82, 2.24) is 0 Å². The van der Waals surface area contributed by atoms with Crippen molar-refractivity contribution in [2.24, 2.45) is 5.10 Å². The van der Waals surface area contributed by atoms with E-state index in [2.05, 4.69) is 26.5 Å². The van der Waals surface area contributed by atoms with Gasteiger partial charge in [0.25, 0.3) is 0 Å². The molecule has 0 fully saturated rings. The van der Waals surface area contributed by atoms with Gasteiger partial charge < -0.3 is 9.47 Å². The molecule has 0 saturated carbocycles. The van der Waals surface area contributed by atoms with E-state index < -0.39 is 0 Å². The van der Waals surface area contributed by atoms with Gasteiger partial charge in [0.05, 0.1) is 30.1 Å². The van der Waals surface area contributed by atoms with Crippen molar-refractivity contribution in [2.45, 2.75) is 6.92 Å². The van der Waals surface area contributed by atoms with Crippen LogP contribution in [-0.2, 0) is 0 Å². The van der Waals surface area contributed by atoms with Crippen LogP contribution in [0.5, 0.6) is 11.5 Å². The summed E-state index contributed by atoms with van der Waals surface area (Å²) >= 11 is 9.31. The normalized spacial score (nSPS) is 10.7. The largest absolute Gasteiger partial charge is 0.492 e. The molecular formula is C16H16BrClN2O2. The molecule has 0 amide bonds. The fourth-order valence-electron chi connectivity index (χ4n) is 1.83. The smallest absolute Gasteiger partial charge is 0.174 e. The second-order valence-corrected chi connectivity index (χ2v) is 5.63. The zero-order valence-corrected chi connectivity index (χ0v) is 14.6. The van der Waals surface area contributed by atoms with Gasteiger partial charge in [0.15, 0.2) is 11.5 Å². The van der Waals surface area contributed by atoms with Gasteiger partial charge in [-0.2, -0.15) is 5.10 Å². The molecule has 116 valence electrons. The third-order valence-electron chi connectivity index (χ3n) is 2.79. The molecule has 0 aliphatic rings. The van der Waals surface area contributed by atoms with Gasteiger partial charge in [-0.15, -0.1) is 0 Å². The van der Waals surface area contributed by atoms with E-state index in [0.717, 1.165) is 15.7 Å². The molecule has 2 aromatic rings. The zero-order chi connectivity index (χ0) is 15.9.